The van der Waals surface area contributed by atoms with Crippen molar-refractivity contribution in [3.63, 3.8) is 0 Å². The van der Waals surface area contributed by atoms with Gasteiger partial charge >= 0.3 is 0 Å². The van der Waals surface area contributed by atoms with Crippen molar-refractivity contribution in [1.82, 2.24) is 20.2 Å². The fourth-order valence-electron chi connectivity index (χ4n) is 2.54. The lowest BCUT2D eigenvalue weighted by Gasteiger charge is -2.05. The van der Waals surface area contributed by atoms with Gasteiger partial charge in [0.05, 0.1) is 0 Å². The largest absolute Gasteiger partial charge is 0.454 e. The van der Waals surface area contributed by atoms with Gasteiger partial charge in [-0.2, -0.15) is 0 Å². The zero-order chi connectivity index (χ0) is 18.1. The van der Waals surface area contributed by atoms with Crippen LogP contribution >= 0.6 is 11.8 Å². The first-order valence-corrected chi connectivity index (χ1v) is 8.49. The predicted octanol–water partition coefficient (Wildman–Crippen LogP) is 2.48. The third-order valence-electron chi connectivity index (χ3n) is 3.89. The van der Waals surface area contributed by atoms with Crippen molar-refractivity contribution >= 4 is 17.7 Å². The quantitative estimate of drug-likeness (QED) is 0.538. The van der Waals surface area contributed by atoms with Crippen LogP contribution in [-0.4, -0.2) is 32.7 Å². The number of hydroxylamine groups is 1. The number of carbonyl (C=O) groups excluding carboxylic acids is 1. The Morgan fingerprint density at radius 1 is 1.15 bits per heavy atom. The van der Waals surface area contributed by atoms with E-state index in [1.54, 1.807) is 29.7 Å². The summed E-state index contributed by atoms with van der Waals surface area (Å²) in [7, 11) is 1.88. The van der Waals surface area contributed by atoms with Gasteiger partial charge in [-0.05, 0) is 54.2 Å². The molecule has 4 rings (SSSR count). The van der Waals surface area contributed by atoms with E-state index in [0.717, 1.165) is 16.2 Å². The Morgan fingerprint density at radius 2 is 1.92 bits per heavy atom. The second kappa shape index (κ2) is 6.70. The van der Waals surface area contributed by atoms with Crippen LogP contribution in [0.3, 0.4) is 0 Å². The number of aromatic nitrogens is 3. The fourth-order valence-corrected chi connectivity index (χ4v) is 3.32. The molecule has 2 aromatic carbocycles. The number of nitrogens with one attached hydrogen (secondary N) is 1. The van der Waals surface area contributed by atoms with Crippen molar-refractivity contribution < 1.29 is 19.5 Å². The molecule has 0 fully saturated rings. The van der Waals surface area contributed by atoms with Crippen molar-refractivity contribution in [3.05, 3.63) is 48.0 Å². The molecule has 2 N–H and O–H groups in total. The van der Waals surface area contributed by atoms with Crippen molar-refractivity contribution in [2.24, 2.45) is 7.05 Å². The first-order chi connectivity index (χ1) is 12.7. The van der Waals surface area contributed by atoms with Crippen LogP contribution < -0.4 is 15.0 Å². The SMILES string of the molecule is Cn1c(Sc2ccc(C(=O)NO)cc2)nnc1-c1ccc2c(c1)OCO2. The van der Waals surface area contributed by atoms with Crippen LogP contribution in [0.4, 0.5) is 0 Å². The lowest BCUT2D eigenvalue weighted by atomic mass is 10.2. The molecule has 8 nitrogen and oxygen atoms in total. The Balaban J connectivity index is 1.57. The maximum absolute atomic E-state index is 11.4. The average molecular weight is 370 g/mol. The Morgan fingerprint density at radius 3 is 2.69 bits per heavy atom. The number of amides is 1. The second-order valence-electron chi connectivity index (χ2n) is 5.50. The summed E-state index contributed by atoms with van der Waals surface area (Å²) in [5.41, 5.74) is 2.86. The van der Waals surface area contributed by atoms with Crippen molar-refractivity contribution in [1.29, 1.82) is 0 Å². The summed E-state index contributed by atoms with van der Waals surface area (Å²) in [5.74, 6) is 1.57. The first-order valence-electron chi connectivity index (χ1n) is 7.67. The molecule has 0 radical (unpaired) electrons. The van der Waals surface area contributed by atoms with E-state index in [1.165, 1.54) is 11.8 Å². The number of benzene rings is 2. The van der Waals surface area contributed by atoms with Gasteiger partial charge in [0.1, 0.15) is 0 Å². The van der Waals surface area contributed by atoms with Gasteiger partial charge in [-0.1, -0.05) is 0 Å². The molecular formula is C17H14N4O4S. The van der Waals surface area contributed by atoms with E-state index in [9.17, 15) is 4.79 Å². The Bertz CT molecular complexity index is 971. The summed E-state index contributed by atoms with van der Waals surface area (Å²) in [6.07, 6.45) is 0. The zero-order valence-corrected chi connectivity index (χ0v) is 14.5. The van der Waals surface area contributed by atoms with Gasteiger partial charge in [0.2, 0.25) is 6.79 Å². The summed E-state index contributed by atoms with van der Waals surface area (Å²) < 4.78 is 12.6. The molecule has 9 heteroatoms. The number of hydrogen-bond donors (Lipinski definition) is 2. The van der Waals surface area contributed by atoms with E-state index in [4.69, 9.17) is 14.7 Å². The smallest absolute Gasteiger partial charge is 0.274 e. The highest BCUT2D eigenvalue weighted by molar-refractivity contribution is 7.99. The molecule has 2 heterocycles. The third-order valence-corrected chi connectivity index (χ3v) is 4.94. The van der Waals surface area contributed by atoms with E-state index in [-0.39, 0.29) is 6.79 Å². The molecule has 1 aliphatic rings. The molecule has 0 spiro atoms. The third kappa shape index (κ3) is 2.98. The van der Waals surface area contributed by atoms with Crippen molar-refractivity contribution in [3.8, 4) is 22.9 Å². The molecule has 0 bridgehead atoms. The molecule has 26 heavy (non-hydrogen) atoms. The standard InChI is InChI=1S/C17H14N4O4S/c1-21-15(11-4-7-13-14(8-11)25-9-24-13)18-19-17(21)26-12-5-2-10(3-6-12)16(22)20-23/h2-8,23H,9H2,1H3,(H,20,22). The maximum atomic E-state index is 11.4. The summed E-state index contributed by atoms with van der Waals surface area (Å²) in [4.78, 5) is 12.3. The highest BCUT2D eigenvalue weighted by Crippen LogP contribution is 2.36. The van der Waals surface area contributed by atoms with E-state index < -0.39 is 5.91 Å². The van der Waals surface area contributed by atoms with E-state index in [1.807, 2.05) is 29.8 Å². The lowest BCUT2D eigenvalue weighted by Crippen LogP contribution is -2.18. The van der Waals surface area contributed by atoms with Gasteiger partial charge in [0.15, 0.2) is 22.5 Å². The highest BCUT2D eigenvalue weighted by Gasteiger charge is 2.17. The number of carbonyl (C=O) groups is 1. The predicted molar refractivity (Wildman–Crippen MR) is 92.4 cm³/mol. The van der Waals surface area contributed by atoms with E-state index >= 15 is 0 Å². The molecule has 0 aliphatic carbocycles. The van der Waals surface area contributed by atoms with Crippen molar-refractivity contribution in [2.75, 3.05) is 6.79 Å². The summed E-state index contributed by atoms with van der Waals surface area (Å²) >= 11 is 1.42. The van der Waals surface area contributed by atoms with Gasteiger partial charge < -0.3 is 14.0 Å². The van der Waals surface area contributed by atoms with Gasteiger partial charge in [-0.25, -0.2) is 5.48 Å². The highest BCUT2D eigenvalue weighted by atomic mass is 32.2. The molecule has 1 aliphatic heterocycles. The maximum Gasteiger partial charge on any atom is 0.274 e. The Hall–Kier alpha value is -3.04. The van der Waals surface area contributed by atoms with Crippen LogP contribution in [0.15, 0.2) is 52.5 Å². The summed E-state index contributed by atoms with van der Waals surface area (Å²) in [6.45, 7) is 0.225. The van der Waals surface area contributed by atoms with Crippen LogP contribution in [0, 0.1) is 0 Å². The number of hydrogen-bond acceptors (Lipinski definition) is 7. The monoisotopic (exact) mass is 370 g/mol. The first kappa shape index (κ1) is 16.4. The van der Waals surface area contributed by atoms with Crippen LogP contribution in [0.1, 0.15) is 10.4 Å². The van der Waals surface area contributed by atoms with Gasteiger partial charge in [0, 0.05) is 23.1 Å². The fraction of sp³-hybridized carbons (Fsp3) is 0.118. The topological polar surface area (TPSA) is 98.5 Å². The number of nitrogens with zero attached hydrogens (tertiary/aromatic N) is 3. The average Bonchev–Trinajstić information content (AvgIpc) is 3.28. The van der Waals surface area contributed by atoms with E-state index in [0.29, 0.717) is 22.3 Å². The van der Waals surface area contributed by atoms with Gasteiger partial charge in [0.25, 0.3) is 5.91 Å². The second-order valence-corrected chi connectivity index (χ2v) is 6.54. The number of fused-ring (bicyclic) bond motifs is 1. The molecule has 132 valence electrons. The Kier molecular flexibility index (Phi) is 4.23. The Labute approximate surface area is 152 Å². The molecular weight excluding hydrogens is 356 g/mol. The van der Waals surface area contributed by atoms with Crippen LogP contribution in [0.5, 0.6) is 11.5 Å². The van der Waals surface area contributed by atoms with Gasteiger partial charge in [-0.3, -0.25) is 10.0 Å². The number of rotatable bonds is 4. The normalized spacial score (nSPS) is 12.2. The van der Waals surface area contributed by atoms with Crippen molar-refractivity contribution in [2.45, 2.75) is 10.1 Å². The number of ether oxygens (including phenoxy) is 2. The molecule has 0 saturated carbocycles. The van der Waals surface area contributed by atoms with Crippen LogP contribution in [0.2, 0.25) is 0 Å². The lowest BCUT2D eigenvalue weighted by molar-refractivity contribution is 0.0706. The van der Waals surface area contributed by atoms with Crippen LogP contribution in [0.25, 0.3) is 11.4 Å². The van der Waals surface area contributed by atoms with E-state index in [2.05, 4.69) is 10.2 Å². The minimum absolute atomic E-state index is 0.225. The van der Waals surface area contributed by atoms with Gasteiger partial charge in [-0.15, -0.1) is 10.2 Å². The summed E-state index contributed by atoms with van der Waals surface area (Å²) in [6, 6.07) is 12.5. The minimum atomic E-state index is -0.551. The van der Waals surface area contributed by atoms with Crippen LogP contribution in [-0.2, 0) is 7.05 Å². The molecule has 1 aromatic heterocycles. The molecule has 0 atom stereocenters. The molecule has 3 aromatic rings. The minimum Gasteiger partial charge on any atom is -0.454 e. The molecule has 0 unspecified atom stereocenters. The zero-order valence-electron chi connectivity index (χ0n) is 13.7. The molecule has 1 amide bonds. The molecule has 0 saturated heterocycles. The summed E-state index contributed by atoms with van der Waals surface area (Å²) in [5, 5.41) is 17.9.